The van der Waals surface area contributed by atoms with Gasteiger partial charge in [0.25, 0.3) is 0 Å². The Morgan fingerprint density at radius 3 is 2.00 bits per heavy atom. The van der Waals surface area contributed by atoms with Crippen molar-refractivity contribution < 1.29 is 14.4 Å². The fourth-order valence-corrected chi connectivity index (χ4v) is 0.293. The summed E-state index contributed by atoms with van der Waals surface area (Å²) in [7, 11) is 0. The molecule has 0 unspecified atom stereocenters. The van der Waals surface area contributed by atoms with Crippen LogP contribution in [0.5, 0.6) is 0 Å². The molecule has 0 bridgehead atoms. The third-order valence-corrected chi connectivity index (χ3v) is 0.667. The summed E-state index contributed by atoms with van der Waals surface area (Å²) in [5.74, 6) is -1.67. The van der Waals surface area contributed by atoms with Gasteiger partial charge >= 0.3 is 11.6 Å². The first-order chi connectivity index (χ1) is 4.09. The summed E-state index contributed by atoms with van der Waals surface area (Å²) < 4.78 is 0. The highest BCUT2D eigenvalue weighted by atomic mass is 16.2. The van der Waals surface area contributed by atoms with Gasteiger partial charge in [0.2, 0.25) is 5.78 Å². The van der Waals surface area contributed by atoms with Gasteiger partial charge < -0.3 is 11.3 Å². The molecule has 0 aromatic heterocycles. The predicted octanol–water partition coefficient (Wildman–Crippen LogP) is -1.27. The van der Waals surface area contributed by atoms with E-state index in [2.05, 4.69) is 10.5 Å². The zero-order valence-electron chi connectivity index (χ0n) is 4.79. The van der Waals surface area contributed by atoms with Crippen molar-refractivity contribution in [1.29, 1.82) is 0 Å². The smallest absolute Gasteiger partial charge is 0.360 e. The van der Waals surface area contributed by atoms with Crippen LogP contribution in [0.15, 0.2) is 0 Å². The normalized spacial score (nSPS) is 7.67. The highest BCUT2D eigenvalue weighted by Crippen LogP contribution is 1.70. The Morgan fingerprint density at radius 1 is 1.56 bits per heavy atom. The van der Waals surface area contributed by atoms with Gasteiger partial charge in [-0.2, -0.15) is 4.79 Å². The Labute approximate surface area is 51.1 Å². The largest absolute Gasteiger partial charge is 0.421 e. The molecule has 0 heterocycles. The monoisotopic (exact) mass is 127 g/mol. The molecule has 5 heteroatoms. The quantitative estimate of drug-likeness (QED) is 0.216. The second kappa shape index (κ2) is 2.74. The van der Waals surface area contributed by atoms with E-state index >= 15 is 0 Å². The van der Waals surface area contributed by atoms with E-state index in [0.29, 0.717) is 0 Å². The van der Waals surface area contributed by atoms with Crippen LogP contribution in [-0.2, 0) is 9.59 Å². The topological polar surface area (TPSA) is 96.6 Å². The first-order valence-electron chi connectivity index (χ1n) is 2.12. The predicted molar refractivity (Wildman–Crippen MR) is 28.5 cm³/mol. The first kappa shape index (κ1) is 7.52. The van der Waals surface area contributed by atoms with Gasteiger partial charge in [0.1, 0.15) is 0 Å². The second-order valence-electron chi connectivity index (χ2n) is 1.37. The molecule has 0 aromatic carbocycles. The van der Waals surface area contributed by atoms with Crippen molar-refractivity contribution in [3.63, 3.8) is 0 Å². The summed E-state index contributed by atoms with van der Waals surface area (Å²) in [4.78, 5) is 22.7. The van der Waals surface area contributed by atoms with E-state index in [1.54, 1.807) is 0 Å². The molecular weight excluding hydrogens is 122 g/mol. The molecule has 9 heavy (non-hydrogen) atoms. The summed E-state index contributed by atoms with van der Waals surface area (Å²) in [5.41, 5.74) is 11.9. The molecule has 0 atom stereocenters. The molecule has 5 nitrogen and oxygen atoms in total. The zero-order chi connectivity index (χ0) is 7.44. The van der Waals surface area contributed by atoms with Crippen molar-refractivity contribution in [2.75, 3.05) is 0 Å². The van der Waals surface area contributed by atoms with Gasteiger partial charge in [-0.1, -0.05) is 0 Å². The summed E-state index contributed by atoms with van der Waals surface area (Å²) in [6.07, 6.45) is 0. The Balaban J connectivity index is 4.59. The molecule has 0 saturated heterocycles. The van der Waals surface area contributed by atoms with Gasteiger partial charge in [-0.3, -0.25) is 9.59 Å². The van der Waals surface area contributed by atoms with Gasteiger partial charge in [-0.15, -0.1) is 0 Å². The number of amides is 1. The lowest BCUT2D eigenvalue weighted by Gasteiger charge is -1.78. The van der Waals surface area contributed by atoms with E-state index in [1.165, 1.54) is 0 Å². The van der Waals surface area contributed by atoms with E-state index in [9.17, 15) is 9.59 Å². The molecule has 0 aromatic rings. The van der Waals surface area contributed by atoms with Crippen LogP contribution in [0.25, 0.3) is 5.53 Å². The number of primary amides is 1. The van der Waals surface area contributed by atoms with Crippen LogP contribution in [0.3, 0.4) is 0 Å². The van der Waals surface area contributed by atoms with Crippen LogP contribution in [0, 0.1) is 0 Å². The van der Waals surface area contributed by atoms with Crippen molar-refractivity contribution >= 4 is 17.4 Å². The minimum absolute atomic E-state index is 0.630. The maximum atomic E-state index is 10.2. The highest BCUT2D eigenvalue weighted by molar-refractivity contribution is 6.62. The van der Waals surface area contributed by atoms with Crippen molar-refractivity contribution in [2.45, 2.75) is 6.92 Å². The molecule has 0 saturated carbocycles. The van der Waals surface area contributed by atoms with Crippen LogP contribution in [-0.4, -0.2) is 22.2 Å². The van der Waals surface area contributed by atoms with Gasteiger partial charge in [-0.05, 0) is 0 Å². The van der Waals surface area contributed by atoms with E-state index in [0.717, 1.165) is 6.92 Å². The number of hydrogen-bond acceptors (Lipinski definition) is 2. The fraction of sp³-hybridized carbons (Fsp3) is 0.250. The minimum atomic E-state index is -1.02. The number of nitrogens with two attached hydrogens (primary N) is 1. The lowest BCUT2D eigenvalue weighted by atomic mass is 10.3. The van der Waals surface area contributed by atoms with Crippen LogP contribution in [0.4, 0.5) is 0 Å². The molecule has 0 rings (SSSR count). The summed E-state index contributed by atoms with van der Waals surface area (Å²) in [6, 6.07) is 0. The third kappa shape index (κ3) is 1.84. The third-order valence-electron chi connectivity index (χ3n) is 0.667. The van der Waals surface area contributed by atoms with Gasteiger partial charge in [0.05, 0.1) is 0 Å². The highest BCUT2D eigenvalue weighted by Gasteiger charge is 2.21. The van der Waals surface area contributed by atoms with Gasteiger partial charge in [-0.25, -0.2) is 0 Å². The SMILES string of the molecule is CC(=O)C(=[N+]=[N-])C(N)=O. The standard InChI is InChI=1S/C4H5N3O2/c1-2(8)3(7-6)4(5)9/h1H3,(H2,5,9). The number of rotatable bonds is 2. The molecule has 0 fully saturated rings. The number of nitrogens with zero attached hydrogens (tertiary/aromatic N) is 2. The number of carbonyl (C=O) groups is 2. The number of carbonyl (C=O) groups excluding carboxylic acids is 2. The molecule has 0 aliphatic carbocycles. The summed E-state index contributed by atoms with van der Waals surface area (Å²) in [6.45, 7) is 1.08. The van der Waals surface area contributed by atoms with Crippen LogP contribution in [0.1, 0.15) is 6.92 Å². The molecule has 48 valence electrons. The van der Waals surface area contributed by atoms with Crippen molar-refractivity contribution in [3.05, 3.63) is 5.53 Å². The summed E-state index contributed by atoms with van der Waals surface area (Å²) >= 11 is 0. The zero-order valence-corrected chi connectivity index (χ0v) is 4.79. The van der Waals surface area contributed by atoms with Gasteiger partial charge in [0, 0.05) is 6.92 Å². The van der Waals surface area contributed by atoms with Crippen LogP contribution < -0.4 is 5.73 Å². The van der Waals surface area contributed by atoms with E-state index in [1.807, 2.05) is 0 Å². The van der Waals surface area contributed by atoms with Crippen LogP contribution in [0.2, 0.25) is 0 Å². The molecule has 0 aliphatic heterocycles. The van der Waals surface area contributed by atoms with Crippen molar-refractivity contribution in [3.8, 4) is 0 Å². The molecule has 0 radical (unpaired) electrons. The number of hydrogen-bond donors (Lipinski definition) is 1. The number of Topliss-reactive ketones (excluding diaryl/α,β-unsaturated/α-hetero) is 1. The fourth-order valence-electron chi connectivity index (χ4n) is 0.293. The Kier molecular flexibility index (Phi) is 2.29. The maximum absolute atomic E-state index is 10.2. The lowest BCUT2D eigenvalue weighted by molar-refractivity contribution is -0.122. The molecule has 0 spiro atoms. The molecule has 2 N–H and O–H groups in total. The average Bonchev–Trinajstić information content (AvgIpc) is 1.64. The molecule has 1 amide bonds. The van der Waals surface area contributed by atoms with E-state index in [4.69, 9.17) is 5.53 Å². The van der Waals surface area contributed by atoms with Crippen molar-refractivity contribution in [1.82, 2.24) is 0 Å². The maximum Gasteiger partial charge on any atom is 0.421 e. The second-order valence-corrected chi connectivity index (χ2v) is 1.37. The minimum Gasteiger partial charge on any atom is -0.360 e. The van der Waals surface area contributed by atoms with Crippen LogP contribution >= 0.6 is 0 Å². The Bertz CT molecular complexity index is 186. The Hall–Kier alpha value is -1.48. The number of ketones is 1. The summed E-state index contributed by atoms with van der Waals surface area (Å²) in [5, 5.41) is 0. The Morgan fingerprint density at radius 2 is 2.00 bits per heavy atom. The van der Waals surface area contributed by atoms with Gasteiger partial charge in [0.15, 0.2) is 0 Å². The average molecular weight is 127 g/mol. The lowest BCUT2D eigenvalue weighted by Crippen LogP contribution is -2.29. The molecule has 0 aliphatic rings. The molecular formula is C4H5N3O2. The van der Waals surface area contributed by atoms with E-state index < -0.39 is 17.4 Å². The van der Waals surface area contributed by atoms with Crippen molar-refractivity contribution in [2.24, 2.45) is 5.73 Å². The first-order valence-corrected chi connectivity index (χ1v) is 2.12. The van der Waals surface area contributed by atoms with E-state index in [-0.39, 0.29) is 0 Å².